The Bertz CT molecular complexity index is 625. The van der Waals surface area contributed by atoms with Crippen LogP contribution in [-0.2, 0) is 14.8 Å². The summed E-state index contributed by atoms with van der Waals surface area (Å²) in [5, 5.41) is 0. The lowest BCUT2D eigenvalue weighted by atomic mass is 10.1. The number of piperidine rings is 1. The van der Waals surface area contributed by atoms with E-state index in [4.69, 9.17) is 0 Å². The number of hydrogen-bond acceptors (Lipinski definition) is 3. The van der Waals surface area contributed by atoms with Crippen molar-refractivity contribution in [2.45, 2.75) is 30.7 Å². The SMILES string of the molecule is CC(=O)N(C)C1CCN(S(=O)(=O)c2cccc(Br)c2)CC1. The fourth-order valence-corrected chi connectivity index (χ4v) is 4.57. The van der Waals surface area contributed by atoms with Crippen LogP contribution in [0.15, 0.2) is 33.6 Å². The lowest BCUT2D eigenvalue weighted by Crippen LogP contribution is -2.46. The van der Waals surface area contributed by atoms with Gasteiger partial charge in [0.05, 0.1) is 4.90 Å². The first-order chi connectivity index (χ1) is 9.82. The van der Waals surface area contributed by atoms with Crippen LogP contribution in [0.4, 0.5) is 0 Å². The zero-order valence-corrected chi connectivity index (χ0v) is 14.5. The van der Waals surface area contributed by atoms with Crippen LogP contribution < -0.4 is 0 Å². The van der Waals surface area contributed by atoms with Crippen molar-refractivity contribution in [2.24, 2.45) is 0 Å². The molecule has 116 valence electrons. The summed E-state index contributed by atoms with van der Waals surface area (Å²) in [4.78, 5) is 13.4. The van der Waals surface area contributed by atoms with Gasteiger partial charge in [-0.15, -0.1) is 0 Å². The number of carbonyl (C=O) groups is 1. The molecule has 1 fully saturated rings. The van der Waals surface area contributed by atoms with E-state index in [1.54, 1.807) is 36.2 Å². The molecule has 0 aliphatic carbocycles. The molecule has 0 aromatic heterocycles. The molecule has 21 heavy (non-hydrogen) atoms. The number of carbonyl (C=O) groups excluding carboxylic acids is 1. The van der Waals surface area contributed by atoms with Crippen molar-refractivity contribution >= 4 is 31.9 Å². The van der Waals surface area contributed by atoms with Crippen LogP contribution in [0.3, 0.4) is 0 Å². The number of nitrogens with zero attached hydrogens (tertiary/aromatic N) is 2. The van der Waals surface area contributed by atoms with Crippen molar-refractivity contribution in [1.82, 2.24) is 9.21 Å². The van der Waals surface area contributed by atoms with Gasteiger partial charge in [0.25, 0.3) is 0 Å². The molecule has 5 nitrogen and oxygen atoms in total. The fourth-order valence-electron chi connectivity index (χ4n) is 2.50. The molecule has 1 aliphatic heterocycles. The lowest BCUT2D eigenvalue weighted by Gasteiger charge is -2.35. The predicted molar refractivity (Wildman–Crippen MR) is 84.4 cm³/mol. The number of sulfonamides is 1. The zero-order chi connectivity index (χ0) is 15.6. The van der Waals surface area contributed by atoms with Crippen LogP contribution in [0.5, 0.6) is 0 Å². The van der Waals surface area contributed by atoms with E-state index in [9.17, 15) is 13.2 Å². The maximum Gasteiger partial charge on any atom is 0.243 e. The summed E-state index contributed by atoms with van der Waals surface area (Å²) in [7, 11) is -1.68. The van der Waals surface area contributed by atoms with Crippen LogP contribution >= 0.6 is 15.9 Å². The maximum absolute atomic E-state index is 12.6. The van der Waals surface area contributed by atoms with Gasteiger partial charge in [0.2, 0.25) is 15.9 Å². The summed E-state index contributed by atoms with van der Waals surface area (Å²) in [6.07, 6.45) is 1.34. The molecule has 1 heterocycles. The molecule has 0 N–H and O–H groups in total. The Morgan fingerprint density at radius 1 is 1.33 bits per heavy atom. The fraction of sp³-hybridized carbons (Fsp3) is 0.500. The second kappa shape index (κ2) is 6.46. The first kappa shape index (κ1) is 16.5. The Balaban J connectivity index is 2.09. The first-order valence-electron chi connectivity index (χ1n) is 6.81. The van der Waals surface area contributed by atoms with Gasteiger partial charge in [-0.25, -0.2) is 8.42 Å². The monoisotopic (exact) mass is 374 g/mol. The first-order valence-corrected chi connectivity index (χ1v) is 9.05. The predicted octanol–water partition coefficient (Wildman–Crippen LogP) is 2.08. The molecule has 0 radical (unpaired) electrons. The second-order valence-electron chi connectivity index (χ2n) is 5.22. The highest BCUT2D eigenvalue weighted by atomic mass is 79.9. The largest absolute Gasteiger partial charge is 0.343 e. The summed E-state index contributed by atoms with van der Waals surface area (Å²) in [6.45, 7) is 2.42. The molecular weight excluding hydrogens is 356 g/mol. The van der Waals surface area contributed by atoms with Gasteiger partial charge < -0.3 is 4.90 Å². The third-order valence-corrected chi connectivity index (χ3v) is 6.29. The summed E-state index contributed by atoms with van der Waals surface area (Å²) in [6, 6.07) is 6.86. The van der Waals surface area contributed by atoms with E-state index >= 15 is 0 Å². The standard InChI is InChI=1S/C14H19BrN2O3S/c1-11(18)16(2)13-6-8-17(9-7-13)21(19,20)14-5-3-4-12(15)10-14/h3-5,10,13H,6-9H2,1-2H3. The van der Waals surface area contributed by atoms with Crippen molar-refractivity contribution in [2.75, 3.05) is 20.1 Å². The molecule has 1 aromatic rings. The Morgan fingerprint density at radius 2 is 1.95 bits per heavy atom. The summed E-state index contributed by atoms with van der Waals surface area (Å²) in [5.74, 6) is 0.0169. The van der Waals surface area contributed by atoms with Crippen molar-refractivity contribution in [3.05, 3.63) is 28.7 Å². The molecule has 0 unspecified atom stereocenters. The van der Waals surface area contributed by atoms with Crippen molar-refractivity contribution < 1.29 is 13.2 Å². The molecule has 0 saturated carbocycles. The van der Waals surface area contributed by atoms with Crippen molar-refractivity contribution in [3.8, 4) is 0 Å². The van der Waals surface area contributed by atoms with E-state index in [0.29, 0.717) is 30.8 Å². The van der Waals surface area contributed by atoms with E-state index < -0.39 is 10.0 Å². The van der Waals surface area contributed by atoms with Crippen LogP contribution in [-0.4, -0.2) is 49.7 Å². The van der Waals surface area contributed by atoms with E-state index in [1.807, 2.05) is 0 Å². The van der Waals surface area contributed by atoms with Gasteiger partial charge in [0.15, 0.2) is 0 Å². The molecular formula is C14H19BrN2O3S. The van der Waals surface area contributed by atoms with E-state index in [0.717, 1.165) is 4.47 Å². The van der Waals surface area contributed by atoms with Gasteiger partial charge in [-0.2, -0.15) is 4.31 Å². The lowest BCUT2D eigenvalue weighted by molar-refractivity contribution is -0.130. The Hall–Kier alpha value is -0.920. The highest BCUT2D eigenvalue weighted by Gasteiger charge is 2.31. The average Bonchev–Trinajstić information content (AvgIpc) is 2.46. The van der Waals surface area contributed by atoms with Crippen LogP contribution in [0.1, 0.15) is 19.8 Å². The normalized spacial score (nSPS) is 17.7. The number of hydrogen-bond donors (Lipinski definition) is 0. The number of rotatable bonds is 3. The molecule has 1 saturated heterocycles. The Labute approximate surface area is 134 Å². The molecule has 1 aliphatic rings. The minimum atomic E-state index is -3.45. The topological polar surface area (TPSA) is 57.7 Å². The Morgan fingerprint density at radius 3 is 2.48 bits per heavy atom. The third-order valence-electron chi connectivity index (χ3n) is 3.90. The second-order valence-corrected chi connectivity index (χ2v) is 8.08. The smallest absolute Gasteiger partial charge is 0.243 e. The van der Waals surface area contributed by atoms with Crippen LogP contribution in [0.25, 0.3) is 0 Å². The molecule has 2 rings (SSSR count). The number of halogens is 1. The van der Waals surface area contributed by atoms with E-state index in [-0.39, 0.29) is 11.9 Å². The zero-order valence-electron chi connectivity index (χ0n) is 12.1. The van der Waals surface area contributed by atoms with E-state index in [2.05, 4.69) is 15.9 Å². The third kappa shape index (κ3) is 3.64. The highest BCUT2D eigenvalue weighted by molar-refractivity contribution is 9.10. The molecule has 1 aromatic carbocycles. The molecule has 0 bridgehead atoms. The average molecular weight is 375 g/mol. The summed E-state index contributed by atoms with van der Waals surface area (Å²) in [5.41, 5.74) is 0. The van der Waals surface area contributed by atoms with E-state index in [1.165, 1.54) is 11.2 Å². The Kier molecular flexibility index (Phi) is 5.06. The number of amides is 1. The van der Waals surface area contributed by atoms with Crippen LogP contribution in [0.2, 0.25) is 0 Å². The molecule has 0 atom stereocenters. The van der Waals surface area contributed by atoms with Crippen LogP contribution in [0, 0.1) is 0 Å². The van der Waals surface area contributed by atoms with Gasteiger partial charge in [-0.1, -0.05) is 22.0 Å². The van der Waals surface area contributed by atoms with Gasteiger partial charge >= 0.3 is 0 Å². The molecule has 7 heteroatoms. The van der Waals surface area contributed by atoms with Crippen molar-refractivity contribution in [1.29, 1.82) is 0 Å². The number of benzene rings is 1. The maximum atomic E-state index is 12.6. The highest BCUT2D eigenvalue weighted by Crippen LogP contribution is 2.24. The summed E-state index contributed by atoms with van der Waals surface area (Å²) >= 11 is 3.30. The van der Waals surface area contributed by atoms with Gasteiger partial charge in [-0.3, -0.25) is 4.79 Å². The molecule has 0 spiro atoms. The summed E-state index contributed by atoms with van der Waals surface area (Å²) < 4.78 is 27.4. The minimum absolute atomic E-state index is 0.0169. The minimum Gasteiger partial charge on any atom is -0.343 e. The van der Waals surface area contributed by atoms with Gasteiger partial charge in [-0.05, 0) is 31.0 Å². The molecule has 1 amide bonds. The van der Waals surface area contributed by atoms with Gasteiger partial charge in [0.1, 0.15) is 0 Å². The van der Waals surface area contributed by atoms with Gasteiger partial charge in [0, 0.05) is 37.6 Å². The quantitative estimate of drug-likeness (QED) is 0.813. The van der Waals surface area contributed by atoms with Crippen molar-refractivity contribution in [3.63, 3.8) is 0 Å².